The van der Waals surface area contributed by atoms with E-state index in [1.165, 1.54) is 6.92 Å². The lowest BCUT2D eigenvalue weighted by molar-refractivity contribution is -0.167. The van der Waals surface area contributed by atoms with Gasteiger partial charge in [-0.05, 0) is 37.1 Å². The summed E-state index contributed by atoms with van der Waals surface area (Å²) in [6.45, 7) is 5.12. The van der Waals surface area contributed by atoms with Gasteiger partial charge in [0.05, 0.1) is 13.2 Å². The summed E-state index contributed by atoms with van der Waals surface area (Å²) in [6.07, 6.45) is 3.35. The average molecular weight is 409 g/mol. The van der Waals surface area contributed by atoms with Crippen LogP contribution in [-0.2, 0) is 30.3 Å². The Hall–Kier alpha value is -3.41. The number of rotatable bonds is 9. The van der Waals surface area contributed by atoms with Gasteiger partial charge in [0.15, 0.2) is 5.41 Å². The number of benzene rings is 2. The molecular formula is C24H27NO5. The summed E-state index contributed by atoms with van der Waals surface area (Å²) in [7, 11) is 0. The number of ether oxygens (including phenoxy) is 2. The molecule has 6 nitrogen and oxygen atoms in total. The molecule has 0 unspecified atom stereocenters. The van der Waals surface area contributed by atoms with E-state index in [0.717, 1.165) is 11.1 Å². The summed E-state index contributed by atoms with van der Waals surface area (Å²) in [5.74, 6) is -1.47. The molecule has 30 heavy (non-hydrogen) atoms. The highest BCUT2D eigenvalue weighted by molar-refractivity contribution is 6.03. The van der Waals surface area contributed by atoms with E-state index in [2.05, 4.69) is 5.32 Å². The summed E-state index contributed by atoms with van der Waals surface area (Å²) >= 11 is 0. The second kappa shape index (κ2) is 11.0. The van der Waals surface area contributed by atoms with Gasteiger partial charge in [-0.25, -0.2) is 0 Å². The number of nitrogens with one attached hydrogen (secondary N) is 1. The van der Waals surface area contributed by atoms with Gasteiger partial charge in [-0.15, -0.1) is 0 Å². The van der Waals surface area contributed by atoms with Crippen LogP contribution in [0.15, 0.2) is 60.7 Å². The third-order valence-electron chi connectivity index (χ3n) is 4.40. The Morgan fingerprint density at radius 2 is 1.47 bits per heavy atom. The Balaban J connectivity index is 2.44. The Bertz CT molecular complexity index is 870. The summed E-state index contributed by atoms with van der Waals surface area (Å²) in [5, 5.41) is 2.70. The van der Waals surface area contributed by atoms with Gasteiger partial charge in [0, 0.05) is 19.0 Å². The Morgan fingerprint density at radius 1 is 0.900 bits per heavy atom. The summed E-state index contributed by atoms with van der Waals surface area (Å²) < 4.78 is 10.5. The smallest absolute Gasteiger partial charge is 0.327 e. The molecule has 0 aliphatic rings. The topological polar surface area (TPSA) is 81.7 Å². The number of carbonyl (C=O) groups excluding carboxylic acids is 3. The van der Waals surface area contributed by atoms with Gasteiger partial charge in [0.25, 0.3) is 0 Å². The van der Waals surface area contributed by atoms with Crippen LogP contribution in [0.3, 0.4) is 0 Å². The molecule has 2 aromatic carbocycles. The Kier molecular flexibility index (Phi) is 8.35. The molecule has 1 amide bonds. The quantitative estimate of drug-likeness (QED) is 0.500. The minimum absolute atomic E-state index is 0.117. The molecule has 0 fully saturated rings. The van der Waals surface area contributed by atoms with Gasteiger partial charge in [0.1, 0.15) is 0 Å². The molecule has 0 atom stereocenters. The standard InChI is InChI=1S/C24H27NO5/c1-4-29-22(27)24(23(28)30-5-2,17-20-9-7-6-8-10-20)16-15-19-11-13-21(14-12-19)25-18(3)26/h6-16H,4-5,17H2,1-3H3,(H,25,26)/b16-15+. The summed E-state index contributed by atoms with van der Waals surface area (Å²) in [4.78, 5) is 37.1. The third-order valence-corrected chi connectivity index (χ3v) is 4.40. The summed E-state index contributed by atoms with van der Waals surface area (Å²) in [5.41, 5.74) is 0.620. The fourth-order valence-corrected chi connectivity index (χ4v) is 2.98. The number of hydrogen-bond donors (Lipinski definition) is 1. The van der Waals surface area contributed by atoms with E-state index < -0.39 is 17.4 Å². The van der Waals surface area contributed by atoms with Crippen LogP contribution in [-0.4, -0.2) is 31.1 Å². The van der Waals surface area contributed by atoms with Crippen molar-refractivity contribution < 1.29 is 23.9 Å². The maximum Gasteiger partial charge on any atom is 0.327 e. The lowest BCUT2D eigenvalue weighted by Gasteiger charge is -2.26. The lowest BCUT2D eigenvalue weighted by atomic mass is 9.80. The first kappa shape index (κ1) is 22.9. The van der Waals surface area contributed by atoms with Crippen LogP contribution < -0.4 is 5.32 Å². The number of anilines is 1. The second-order valence-corrected chi connectivity index (χ2v) is 6.71. The van der Waals surface area contributed by atoms with Gasteiger partial charge < -0.3 is 14.8 Å². The molecule has 0 saturated carbocycles. The molecule has 0 bridgehead atoms. The van der Waals surface area contributed by atoms with Crippen molar-refractivity contribution in [3.05, 3.63) is 71.8 Å². The first-order valence-electron chi connectivity index (χ1n) is 9.86. The van der Waals surface area contributed by atoms with Gasteiger partial charge in [-0.1, -0.05) is 54.6 Å². The van der Waals surface area contributed by atoms with Crippen LogP contribution in [0.25, 0.3) is 6.08 Å². The lowest BCUT2D eigenvalue weighted by Crippen LogP contribution is -2.42. The van der Waals surface area contributed by atoms with Crippen molar-refractivity contribution in [1.29, 1.82) is 0 Å². The molecule has 0 aliphatic heterocycles. The van der Waals surface area contributed by atoms with E-state index in [1.807, 2.05) is 30.3 Å². The average Bonchev–Trinajstić information content (AvgIpc) is 2.73. The number of carbonyl (C=O) groups is 3. The van der Waals surface area contributed by atoms with Crippen LogP contribution in [0, 0.1) is 5.41 Å². The molecule has 2 rings (SSSR count). The predicted octanol–water partition coefficient (Wildman–Crippen LogP) is 4.01. The van der Waals surface area contributed by atoms with Gasteiger partial charge >= 0.3 is 11.9 Å². The van der Waals surface area contributed by atoms with E-state index in [0.29, 0.717) is 5.69 Å². The second-order valence-electron chi connectivity index (χ2n) is 6.71. The molecule has 0 radical (unpaired) electrons. The summed E-state index contributed by atoms with van der Waals surface area (Å²) in [6, 6.07) is 16.3. The van der Waals surface area contributed by atoms with E-state index in [9.17, 15) is 14.4 Å². The maximum atomic E-state index is 13.0. The van der Waals surface area contributed by atoms with E-state index in [4.69, 9.17) is 9.47 Å². The van der Waals surface area contributed by atoms with Crippen LogP contribution in [0.4, 0.5) is 5.69 Å². The molecule has 0 aliphatic carbocycles. The molecule has 0 spiro atoms. The molecule has 158 valence electrons. The fraction of sp³-hybridized carbons (Fsp3) is 0.292. The van der Waals surface area contributed by atoms with E-state index >= 15 is 0 Å². The molecule has 6 heteroatoms. The number of hydrogen-bond acceptors (Lipinski definition) is 5. The first-order valence-corrected chi connectivity index (χ1v) is 9.86. The first-order chi connectivity index (χ1) is 14.4. The highest BCUT2D eigenvalue weighted by atomic mass is 16.6. The normalized spacial score (nSPS) is 11.2. The Morgan fingerprint density at radius 3 is 1.97 bits per heavy atom. The minimum atomic E-state index is -1.61. The molecule has 0 aromatic heterocycles. The van der Waals surface area contributed by atoms with Crippen LogP contribution in [0.5, 0.6) is 0 Å². The largest absolute Gasteiger partial charge is 0.465 e. The van der Waals surface area contributed by atoms with Crippen molar-refractivity contribution in [1.82, 2.24) is 0 Å². The zero-order valence-electron chi connectivity index (χ0n) is 17.5. The van der Waals surface area contributed by atoms with Gasteiger partial charge in [-0.3, -0.25) is 14.4 Å². The zero-order chi connectivity index (χ0) is 22.0. The SMILES string of the molecule is CCOC(=O)C(/C=C/c1ccc(NC(C)=O)cc1)(Cc1ccccc1)C(=O)OCC. The highest BCUT2D eigenvalue weighted by Crippen LogP contribution is 2.30. The van der Waals surface area contributed by atoms with E-state index in [-0.39, 0.29) is 25.5 Å². The van der Waals surface area contributed by atoms with Crippen molar-refractivity contribution in [2.75, 3.05) is 18.5 Å². The minimum Gasteiger partial charge on any atom is -0.465 e. The molecule has 0 saturated heterocycles. The maximum absolute atomic E-state index is 13.0. The Labute approximate surface area is 176 Å². The van der Waals surface area contributed by atoms with E-state index in [1.54, 1.807) is 50.3 Å². The molecule has 2 aromatic rings. The monoisotopic (exact) mass is 409 g/mol. The molecule has 1 N–H and O–H groups in total. The van der Waals surface area contributed by atoms with Crippen LogP contribution in [0.1, 0.15) is 31.9 Å². The van der Waals surface area contributed by atoms with Gasteiger partial charge in [0.2, 0.25) is 5.91 Å². The van der Waals surface area contributed by atoms with Gasteiger partial charge in [-0.2, -0.15) is 0 Å². The van der Waals surface area contributed by atoms with Crippen molar-refractivity contribution in [2.45, 2.75) is 27.2 Å². The zero-order valence-corrected chi connectivity index (χ0v) is 17.5. The van der Waals surface area contributed by atoms with Crippen LogP contribution >= 0.6 is 0 Å². The van der Waals surface area contributed by atoms with Crippen molar-refractivity contribution in [3.8, 4) is 0 Å². The van der Waals surface area contributed by atoms with Crippen molar-refractivity contribution in [3.63, 3.8) is 0 Å². The fourth-order valence-electron chi connectivity index (χ4n) is 2.98. The highest BCUT2D eigenvalue weighted by Gasteiger charge is 2.46. The molecule has 0 heterocycles. The van der Waals surface area contributed by atoms with Crippen LogP contribution in [0.2, 0.25) is 0 Å². The predicted molar refractivity (Wildman–Crippen MR) is 116 cm³/mol. The number of esters is 2. The third kappa shape index (κ3) is 6.04. The van der Waals surface area contributed by atoms with Crippen molar-refractivity contribution in [2.24, 2.45) is 5.41 Å². The number of amides is 1. The molecular weight excluding hydrogens is 382 g/mol. The van der Waals surface area contributed by atoms with Crippen molar-refractivity contribution >= 4 is 29.6 Å².